The van der Waals surface area contributed by atoms with Gasteiger partial charge in [-0.3, -0.25) is 4.79 Å². The largest absolute Gasteiger partial charge is 0.481 e. The van der Waals surface area contributed by atoms with Crippen molar-refractivity contribution >= 4 is 17.7 Å². The number of hydrogen-bond donors (Lipinski definition) is 1. The highest BCUT2D eigenvalue weighted by molar-refractivity contribution is 7.99. The molecule has 0 saturated heterocycles. The van der Waals surface area contributed by atoms with E-state index in [1.807, 2.05) is 37.3 Å². The van der Waals surface area contributed by atoms with Crippen LogP contribution in [0.15, 0.2) is 34.7 Å². The van der Waals surface area contributed by atoms with Crippen molar-refractivity contribution < 1.29 is 14.3 Å². The average molecular weight is 263 g/mol. The van der Waals surface area contributed by atoms with Gasteiger partial charge in [-0.15, -0.1) is 11.8 Å². The van der Waals surface area contributed by atoms with Crippen molar-refractivity contribution in [2.45, 2.75) is 12.7 Å². The lowest BCUT2D eigenvalue weighted by Crippen LogP contribution is -1.98. The number of thioether (sulfide) groups is 1. The van der Waals surface area contributed by atoms with Gasteiger partial charge < -0.3 is 9.52 Å². The Morgan fingerprint density at radius 2 is 2.11 bits per heavy atom. The van der Waals surface area contributed by atoms with Crippen LogP contribution in [0.1, 0.15) is 11.5 Å². The number of carbonyl (C=O) groups is 1. The number of nitrogens with zero attached hydrogens (tertiary/aromatic N) is 1. The van der Waals surface area contributed by atoms with E-state index in [0.29, 0.717) is 11.6 Å². The van der Waals surface area contributed by atoms with Crippen molar-refractivity contribution in [3.63, 3.8) is 0 Å². The second kappa shape index (κ2) is 5.73. The van der Waals surface area contributed by atoms with Crippen molar-refractivity contribution in [1.29, 1.82) is 0 Å². The van der Waals surface area contributed by atoms with Gasteiger partial charge >= 0.3 is 5.97 Å². The van der Waals surface area contributed by atoms with E-state index in [-0.39, 0.29) is 5.75 Å². The molecule has 5 heteroatoms. The van der Waals surface area contributed by atoms with Crippen LogP contribution in [-0.4, -0.2) is 21.8 Å². The van der Waals surface area contributed by atoms with E-state index < -0.39 is 5.97 Å². The molecule has 0 radical (unpaired) electrons. The molecular formula is C13H13NO3S. The van der Waals surface area contributed by atoms with E-state index in [2.05, 4.69) is 4.98 Å². The quantitative estimate of drug-likeness (QED) is 0.898. The SMILES string of the molecule is Cc1oc(-c2ccccc2)nc1CSCC(=O)O. The third-order valence-corrected chi connectivity index (χ3v) is 3.31. The van der Waals surface area contributed by atoms with Gasteiger partial charge in [-0.05, 0) is 19.1 Å². The standard InChI is InChI=1S/C13H13NO3S/c1-9-11(7-18-8-12(15)16)14-13(17-9)10-5-3-2-4-6-10/h2-6H,7-8H2,1H3,(H,15,16). The molecule has 0 amide bonds. The predicted octanol–water partition coefficient (Wildman–Crippen LogP) is 2.97. The van der Waals surface area contributed by atoms with Crippen LogP contribution >= 0.6 is 11.8 Å². The molecule has 1 aromatic carbocycles. The highest BCUT2D eigenvalue weighted by atomic mass is 32.2. The van der Waals surface area contributed by atoms with Crippen molar-refractivity contribution in [2.24, 2.45) is 0 Å². The maximum atomic E-state index is 10.4. The maximum absolute atomic E-state index is 10.4. The molecule has 0 aliphatic rings. The van der Waals surface area contributed by atoms with Crippen LogP contribution in [0.25, 0.3) is 11.5 Å². The maximum Gasteiger partial charge on any atom is 0.313 e. The third kappa shape index (κ3) is 3.13. The fourth-order valence-electron chi connectivity index (χ4n) is 1.50. The van der Waals surface area contributed by atoms with Gasteiger partial charge in [-0.2, -0.15) is 0 Å². The van der Waals surface area contributed by atoms with E-state index in [4.69, 9.17) is 9.52 Å². The Hall–Kier alpha value is -1.75. The summed E-state index contributed by atoms with van der Waals surface area (Å²) in [6, 6.07) is 9.64. The highest BCUT2D eigenvalue weighted by Crippen LogP contribution is 2.23. The molecule has 0 fully saturated rings. The van der Waals surface area contributed by atoms with E-state index >= 15 is 0 Å². The third-order valence-electron chi connectivity index (χ3n) is 2.38. The minimum absolute atomic E-state index is 0.0764. The van der Waals surface area contributed by atoms with Crippen molar-refractivity contribution in [3.05, 3.63) is 41.8 Å². The summed E-state index contributed by atoms with van der Waals surface area (Å²) in [5.74, 6) is 1.14. The van der Waals surface area contributed by atoms with E-state index in [1.165, 1.54) is 11.8 Å². The molecule has 0 unspecified atom stereocenters. The molecule has 0 saturated carbocycles. The average Bonchev–Trinajstić information content (AvgIpc) is 2.72. The van der Waals surface area contributed by atoms with E-state index in [0.717, 1.165) is 17.0 Å². The Bertz CT molecular complexity index is 536. The van der Waals surface area contributed by atoms with Crippen LogP contribution in [0.4, 0.5) is 0 Å². The van der Waals surface area contributed by atoms with Crippen molar-refractivity contribution in [3.8, 4) is 11.5 Å². The second-order valence-electron chi connectivity index (χ2n) is 3.77. The summed E-state index contributed by atoms with van der Waals surface area (Å²) in [6.45, 7) is 1.84. The zero-order valence-electron chi connectivity index (χ0n) is 9.92. The van der Waals surface area contributed by atoms with E-state index in [1.54, 1.807) is 0 Å². The number of rotatable bonds is 5. The summed E-state index contributed by atoms with van der Waals surface area (Å²) >= 11 is 1.32. The number of oxazole rings is 1. The molecule has 0 aliphatic heterocycles. The summed E-state index contributed by atoms with van der Waals surface area (Å²) < 4.78 is 5.59. The van der Waals surface area contributed by atoms with Gasteiger partial charge in [0.15, 0.2) is 0 Å². The first kappa shape index (κ1) is 12.7. The van der Waals surface area contributed by atoms with Gasteiger partial charge in [0.1, 0.15) is 5.76 Å². The van der Waals surface area contributed by atoms with Gasteiger partial charge in [0.05, 0.1) is 11.4 Å². The molecular weight excluding hydrogens is 250 g/mol. The van der Waals surface area contributed by atoms with Gasteiger partial charge in [0.25, 0.3) is 0 Å². The summed E-state index contributed by atoms with van der Waals surface area (Å²) in [5, 5.41) is 8.58. The highest BCUT2D eigenvalue weighted by Gasteiger charge is 2.11. The van der Waals surface area contributed by atoms with Crippen LogP contribution in [0, 0.1) is 6.92 Å². The van der Waals surface area contributed by atoms with Gasteiger partial charge in [0.2, 0.25) is 5.89 Å². The molecule has 1 heterocycles. The first-order valence-corrected chi connectivity index (χ1v) is 6.63. The Balaban J connectivity index is 2.10. The van der Waals surface area contributed by atoms with Gasteiger partial charge in [0, 0.05) is 11.3 Å². The number of hydrogen-bond acceptors (Lipinski definition) is 4. The minimum atomic E-state index is -0.815. The number of carboxylic acids is 1. The lowest BCUT2D eigenvalue weighted by Gasteiger charge is -1.94. The molecule has 0 aliphatic carbocycles. The second-order valence-corrected chi connectivity index (χ2v) is 4.76. The van der Waals surface area contributed by atoms with Crippen molar-refractivity contribution in [2.75, 3.05) is 5.75 Å². The molecule has 0 spiro atoms. The molecule has 2 aromatic rings. The fraction of sp³-hybridized carbons (Fsp3) is 0.231. The zero-order valence-corrected chi connectivity index (χ0v) is 10.7. The Kier molecular flexibility index (Phi) is 4.04. The lowest BCUT2D eigenvalue weighted by atomic mass is 10.2. The molecule has 94 valence electrons. The minimum Gasteiger partial charge on any atom is -0.481 e. The predicted molar refractivity (Wildman–Crippen MR) is 70.5 cm³/mol. The van der Waals surface area contributed by atoms with Gasteiger partial charge in [-0.25, -0.2) is 4.98 Å². The molecule has 4 nitrogen and oxygen atoms in total. The zero-order chi connectivity index (χ0) is 13.0. The normalized spacial score (nSPS) is 10.5. The molecule has 18 heavy (non-hydrogen) atoms. The summed E-state index contributed by atoms with van der Waals surface area (Å²) in [6.07, 6.45) is 0. The van der Waals surface area contributed by atoms with Crippen molar-refractivity contribution in [1.82, 2.24) is 4.98 Å². The first-order chi connectivity index (χ1) is 8.66. The van der Waals surface area contributed by atoms with E-state index in [9.17, 15) is 4.79 Å². The van der Waals surface area contributed by atoms with Crippen LogP contribution < -0.4 is 0 Å². The summed E-state index contributed by atoms with van der Waals surface area (Å²) in [4.78, 5) is 14.8. The Morgan fingerprint density at radius 3 is 2.78 bits per heavy atom. The van der Waals surface area contributed by atoms with Gasteiger partial charge in [-0.1, -0.05) is 18.2 Å². The van der Waals surface area contributed by atoms with Crippen LogP contribution in [-0.2, 0) is 10.5 Å². The number of aryl methyl sites for hydroxylation is 1. The lowest BCUT2D eigenvalue weighted by molar-refractivity contribution is -0.133. The molecule has 1 N–H and O–H groups in total. The smallest absolute Gasteiger partial charge is 0.313 e. The summed E-state index contributed by atoms with van der Waals surface area (Å²) in [7, 11) is 0. The fourth-order valence-corrected chi connectivity index (χ4v) is 2.24. The van der Waals surface area contributed by atoms with Crippen LogP contribution in [0.2, 0.25) is 0 Å². The van der Waals surface area contributed by atoms with Crippen LogP contribution in [0.3, 0.4) is 0 Å². The first-order valence-electron chi connectivity index (χ1n) is 5.48. The van der Waals surface area contributed by atoms with Crippen LogP contribution in [0.5, 0.6) is 0 Å². The molecule has 2 rings (SSSR count). The molecule has 0 atom stereocenters. The number of aromatic nitrogens is 1. The number of carboxylic acid groups (broad SMARTS) is 1. The summed E-state index contributed by atoms with van der Waals surface area (Å²) in [5.41, 5.74) is 1.73. The number of benzene rings is 1. The number of aliphatic carboxylic acids is 1. The Morgan fingerprint density at radius 1 is 1.39 bits per heavy atom. The Labute approximate surface area is 109 Å². The molecule has 1 aromatic heterocycles. The molecule has 0 bridgehead atoms. The monoisotopic (exact) mass is 263 g/mol. The topological polar surface area (TPSA) is 63.3 Å².